The van der Waals surface area contributed by atoms with Gasteiger partial charge in [0.2, 0.25) is 0 Å². The molecule has 1 aliphatic heterocycles. The van der Waals surface area contributed by atoms with Crippen LogP contribution in [-0.4, -0.2) is 65.9 Å². The number of guanidine groups is 1. The summed E-state index contributed by atoms with van der Waals surface area (Å²) < 4.78 is 10.2. The number of ether oxygens (including phenoxy) is 1. The van der Waals surface area contributed by atoms with Crippen molar-refractivity contribution in [2.75, 3.05) is 39.8 Å². The molecule has 1 saturated heterocycles. The molecule has 0 spiro atoms. The van der Waals surface area contributed by atoms with Crippen molar-refractivity contribution in [3.05, 3.63) is 41.3 Å². The highest BCUT2D eigenvalue weighted by Gasteiger charge is 2.20. The summed E-state index contributed by atoms with van der Waals surface area (Å²) in [6.07, 6.45) is 0. The van der Waals surface area contributed by atoms with Crippen molar-refractivity contribution < 1.29 is 14.4 Å². The number of halogens is 1. The van der Waals surface area contributed by atoms with Crippen LogP contribution in [0.4, 0.5) is 0 Å². The smallest absolute Gasteiger partial charge is 0.194 e. The van der Waals surface area contributed by atoms with Crippen LogP contribution in [0.3, 0.4) is 0 Å². The SMILES string of the molecule is CCNC(=NCc1ccc(OC)c(O)c1)N1CCN(Cc2cc(C)on2)CC1.I. The van der Waals surface area contributed by atoms with Gasteiger partial charge in [0.1, 0.15) is 5.76 Å². The molecule has 0 atom stereocenters. The lowest BCUT2D eigenvalue weighted by atomic mass is 10.2. The lowest BCUT2D eigenvalue weighted by Gasteiger charge is -2.36. The molecule has 0 aliphatic carbocycles. The largest absolute Gasteiger partial charge is 0.504 e. The topological polar surface area (TPSA) is 86.4 Å². The van der Waals surface area contributed by atoms with Crippen LogP contribution in [0, 0.1) is 6.92 Å². The van der Waals surface area contributed by atoms with E-state index >= 15 is 0 Å². The molecule has 2 N–H and O–H groups in total. The summed E-state index contributed by atoms with van der Waals surface area (Å²) in [5.74, 6) is 2.35. The Kier molecular flexibility index (Phi) is 9.02. The highest BCUT2D eigenvalue weighted by molar-refractivity contribution is 14.0. The van der Waals surface area contributed by atoms with E-state index in [1.807, 2.05) is 19.1 Å². The first-order chi connectivity index (χ1) is 13.6. The molecule has 0 saturated carbocycles. The van der Waals surface area contributed by atoms with Gasteiger partial charge in [-0.05, 0) is 31.5 Å². The maximum Gasteiger partial charge on any atom is 0.194 e. The first kappa shape index (κ1) is 23.3. The predicted octanol–water partition coefficient (Wildman–Crippen LogP) is 2.60. The molecule has 0 radical (unpaired) electrons. The van der Waals surface area contributed by atoms with Crippen LogP contribution < -0.4 is 10.1 Å². The number of aromatic hydroxyl groups is 1. The van der Waals surface area contributed by atoms with E-state index in [0.717, 1.165) is 62.2 Å². The van der Waals surface area contributed by atoms with E-state index in [-0.39, 0.29) is 29.7 Å². The molecule has 1 aliphatic rings. The van der Waals surface area contributed by atoms with E-state index in [1.54, 1.807) is 19.2 Å². The number of nitrogens with zero attached hydrogens (tertiary/aromatic N) is 4. The standard InChI is InChI=1S/C20H29N5O3.HI/c1-4-21-20(22-13-16-5-6-19(27-3)18(26)12-16)25-9-7-24(8-10-25)14-17-11-15(2)28-23-17;/h5-6,11-12,26H,4,7-10,13-14H2,1-3H3,(H,21,22);1H. The monoisotopic (exact) mass is 515 g/mol. The summed E-state index contributed by atoms with van der Waals surface area (Å²) in [5, 5.41) is 17.4. The lowest BCUT2D eigenvalue weighted by Crippen LogP contribution is -2.52. The molecular formula is C20H30IN5O3. The van der Waals surface area contributed by atoms with Crippen molar-refractivity contribution in [2.24, 2.45) is 4.99 Å². The summed E-state index contributed by atoms with van der Waals surface area (Å²) in [4.78, 5) is 9.40. The summed E-state index contributed by atoms with van der Waals surface area (Å²) in [7, 11) is 1.54. The van der Waals surface area contributed by atoms with Gasteiger partial charge in [-0.2, -0.15) is 0 Å². The minimum atomic E-state index is 0. The second kappa shape index (κ2) is 11.2. The van der Waals surface area contributed by atoms with Crippen LogP contribution in [0.2, 0.25) is 0 Å². The third-order valence-corrected chi connectivity index (χ3v) is 4.72. The van der Waals surface area contributed by atoms with Gasteiger partial charge in [-0.1, -0.05) is 11.2 Å². The van der Waals surface area contributed by atoms with E-state index in [0.29, 0.717) is 12.3 Å². The Bertz CT molecular complexity index is 803. The molecule has 0 bridgehead atoms. The number of benzene rings is 1. The maximum absolute atomic E-state index is 9.94. The fraction of sp³-hybridized carbons (Fsp3) is 0.500. The van der Waals surface area contributed by atoms with Crippen LogP contribution in [0.1, 0.15) is 23.9 Å². The van der Waals surface area contributed by atoms with Crippen LogP contribution in [0.5, 0.6) is 11.5 Å². The normalized spacial score (nSPS) is 15.1. The Morgan fingerprint density at radius 1 is 1.28 bits per heavy atom. The van der Waals surface area contributed by atoms with E-state index in [4.69, 9.17) is 14.3 Å². The number of hydrogen-bond acceptors (Lipinski definition) is 6. The third-order valence-electron chi connectivity index (χ3n) is 4.72. The first-order valence-electron chi connectivity index (χ1n) is 9.62. The summed E-state index contributed by atoms with van der Waals surface area (Å²) in [6, 6.07) is 7.37. The fourth-order valence-electron chi connectivity index (χ4n) is 3.27. The molecule has 0 unspecified atom stereocenters. The van der Waals surface area contributed by atoms with Gasteiger partial charge in [0.05, 0.1) is 19.3 Å². The molecular weight excluding hydrogens is 485 g/mol. The molecule has 9 heteroatoms. The zero-order chi connectivity index (χ0) is 19.9. The second-order valence-electron chi connectivity index (χ2n) is 6.87. The molecule has 29 heavy (non-hydrogen) atoms. The predicted molar refractivity (Wildman–Crippen MR) is 123 cm³/mol. The average molecular weight is 515 g/mol. The van der Waals surface area contributed by atoms with Crippen molar-refractivity contribution in [2.45, 2.75) is 26.9 Å². The minimum absolute atomic E-state index is 0. The quantitative estimate of drug-likeness (QED) is 0.348. The Morgan fingerprint density at radius 3 is 2.62 bits per heavy atom. The van der Waals surface area contributed by atoms with Crippen molar-refractivity contribution in [1.82, 2.24) is 20.3 Å². The number of nitrogens with one attached hydrogen (secondary N) is 1. The van der Waals surface area contributed by atoms with Gasteiger partial charge in [-0.3, -0.25) is 4.90 Å². The van der Waals surface area contributed by atoms with Gasteiger partial charge >= 0.3 is 0 Å². The number of rotatable bonds is 6. The van der Waals surface area contributed by atoms with Gasteiger partial charge in [0.25, 0.3) is 0 Å². The van der Waals surface area contributed by atoms with Crippen LogP contribution in [-0.2, 0) is 13.1 Å². The minimum Gasteiger partial charge on any atom is -0.504 e. The van der Waals surface area contributed by atoms with Crippen LogP contribution in [0.15, 0.2) is 33.8 Å². The number of methoxy groups -OCH3 is 1. The number of aliphatic imine (C=N–C) groups is 1. The fourth-order valence-corrected chi connectivity index (χ4v) is 3.27. The summed E-state index contributed by atoms with van der Waals surface area (Å²) in [6.45, 7) is 9.79. The second-order valence-corrected chi connectivity index (χ2v) is 6.87. The molecule has 1 aromatic carbocycles. The van der Waals surface area contributed by atoms with E-state index in [9.17, 15) is 5.11 Å². The van der Waals surface area contributed by atoms with Gasteiger partial charge in [0, 0.05) is 45.3 Å². The van der Waals surface area contributed by atoms with E-state index in [2.05, 4.69) is 27.2 Å². The lowest BCUT2D eigenvalue weighted by molar-refractivity contribution is 0.169. The van der Waals surface area contributed by atoms with E-state index < -0.39 is 0 Å². The Balaban J connectivity index is 0.00000300. The maximum atomic E-state index is 9.94. The Labute approximate surface area is 188 Å². The molecule has 2 aromatic rings. The number of aryl methyl sites for hydroxylation is 1. The summed E-state index contributed by atoms with van der Waals surface area (Å²) >= 11 is 0. The molecule has 2 heterocycles. The Morgan fingerprint density at radius 2 is 2.03 bits per heavy atom. The highest BCUT2D eigenvalue weighted by atomic mass is 127. The first-order valence-corrected chi connectivity index (χ1v) is 9.62. The Hall–Kier alpha value is -2.01. The van der Waals surface area contributed by atoms with Gasteiger partial charge in [-0.25, -0.2) is 4.99 Å². The van der Waals surface area contributed by atoms with Gasteiger partial charge < -0.3 is 24.6 Å². The molecule has 1 aromatic heterocycles. The van der Waals surface area contributed by atoms with Crippen molar-refractivity contribution >= 4 is 29.9 Å². The number of hydrogen-bond donors (Lipinski definition) is 2. The zero-order valence-corrected chi connectivity index (χ0v) is 19.6. The van der Waals surface area contributed by atoms with Crippen molar-refractivity contribution in [3.8, 4) is 11.5 Å². The van der Waals surface area contributed by atoms with Crippen LogP contribution >= 0.6 is 24.0 Å². The number of aromatic nitrogens is 1. The molecule has 3 rings (SSSR count). The van der Waals surface area contributed by atoms with Crippen molar-refractivity contribution in [3.63, 3.8) is 0 Å². The number of phenols is 1. The third kappa shape index (κ3) is 6.49. The van der Waals surface area contributed by atoms with Crippen molar-refractivity contribution in [1.29, 1.82) is 0 Å². The van der Waals surface area contributed by atoms with Crippen LogP contribution in [0.25, 0.3) is 0 Å². The molecule has 8 nitrogen and oxygen atoms in total. The molecule has 160 valence electrons. The number of phenolic OH excluding ortho intramolecular Hbond substituents is 1. The average Bonchev–Trinajstić information content (AvgIpc) is 3.10. The summed E-state index contributed by atoms with van der Waals surface area (Å²) in [5.41, 5.74) is 1.92. The van der Waals surface area contributed by atoms with E-state index in [1.165, 1.54) is 0 Å². The highest BCUT2D eigenvalue weighted by Crippen LogP contribution is 2.26. The molecule has 1 fully saturated rings. The number of piperazine rings is 1. The zero-order valence-electron chi connectivity index (χ0n) is 17.2. The van der Waals surface area contributed by atoms with Gasteiger partial charge in [-0.15, -0.1) is 24.0 Å². The molecule has 0 amide bonds. The van der Waals surface area contributed by atoms with Gasteiger partial charge in [0.15, 0.2) is 17.5 Å².